The quantitative estimate of drug-likeness (QED) is 0.877. The van der Waals surface area contributed by atoms with Gasteiger partial charge in [0.2, 0.25) is 0 Å². The Kier molecular flexibility index (Phi) is 3.88. The van der Waals surface area contributed by atoms with E-state index in [4.69, 9.17) is 4.74 Å². The molecular weight excluding hydrogens is 224 g/mol. The molecule has 94 valence electrons. The third kappa shape index (κ3) is 2.48. The highest BCUT2D eigenvalue weighted by molar-refractivity contribution is 5.73. The van der Waals surface area contributed by atoms with Gasteiger partial charge >= 0.3 is 0 Å². The Hall–Kier alpha value is -1.96. The van der Waals surface area contributed by atoms with Gasteiger partial charge in [-0.25, -0.2) is 0 Å². The zero-order valence-electron chi connectivity index (χ0n) is 10.8. The Balaban J connectivity index is 2.36. The van der Waals surface area contributed by atoms with E-state index in [1.165, 1.54) is 5.56 Å². The third-order valence-corrected chi connectivity index (χ3v) is 3.02. The highest BCUT2D eigenvalue weighted by atomic mass is 16.5. The molecule has 0 amide bonds. The van der Waals surface area contributed by atoms with Crippen molar-refractivity contribution in [2.75, 3.05) is 7.11 Å². The fourth-order valence-electron chi connectivity index (χ4n) is 2.06. The van der Waals surface area contributed by atoms with Crippen LogP contribution in [0.1, 0.15) is 18.9 Å². The van der Waals surface area contributed by atoms with Gasteiger partial charge in [-0.1, -0.05) is 49.7 Å². The maximum atomic E-state index is 10.1. The smallest absolute Gasteiger partial charge is 0.165 e. The van der Waals surface area contributed by atoms with Crippen molar-refractivity contribution in [3.05, 3.63) is 48.0 Å². The van der Waals surface area contributed by atoms with Gasteiger partial charge in [0.15, 0.2) is 11.5 Å². The standard InChI is InChI=1S/C16H18O2/c1-3-5-12-8-10-13(11-9-12)14-6-4-7-15(18-2)16(14)17/h4,6-11,17H,3,5H2,1-2H3. The number of phenols is 1. The molecule has 2 rings (SSSR count). The van der Waals surface area contributed by atoms with Crippen molar-refractivity contribution < 1.29 is 9.84 Å². The number of ether oxygens (including phenoxy) is 1. The topological polar surface area (TPSA) is 29.5 Å². The lowest BCUT2D eigenvalue weighted by atomic mass is 10.0. The molecule has 0 bridgehead atoms. The zero-order valence-corrected chi connectivity index (χ0v) is 10.8. The number of methoxy groups -OCH3 is 1. The molecule has 1 N–H and O–H groups in total. The van der Waals surface area contributed by atoms with E-state index in [2.05, 4.69) is 19.1 Å². The predicted octanol–water partition coefficient (Wildman–Crippen LogP) is 4.02. The molecule has 0 saturated heterocycles. The van der Waals surface area contributed by atoms with Crippen molar-refractivity contribution in [2.24, 2.45) is 0 Å². The maximum Gasteiger partial charge on any atom is 0.165 e. The molecule has 0 aliphatic carbocycles. The fourth-order valence-corrected chi connectivity index (χ4v) is 2.06. The number of benzene rings is 2. The average molecular weight is 242 g/mol. The molecule has 0 aliphatic rings. The molecule has 2 aromatic carbocycles. The SMILES string of the molecule is CCCc1ccc(-c2cccc(OC)c2O)cc1. The van der Waals surface area contributed by atoms with E-state index in [1.807, 2.05) is 24.3 Å². The Morgan fingerprint density at radius 2 is 1.78 bits per heavy atom. The first kappa shape index (κ1) is 12.5. The molecule has 0 unspecified atom stereocenters. The summed E-state index contributed by atoms with van der Waals surface area (Å²) in [4.78, 5) is 0. The first-order valence-electron chi connectivity index (χ1n) is 6.21. The molecule has 18 heavy (non-hydrogen) atoms. The first-order chi connectivity index (χ1) is 8.76. The number of hydrogen-bond acceptors (Lipinski definition) is 2. The monoisotopic (exact) mass is 242 g/mol. The van der Waals surface area contributed by atoms with Gasteiger partial charge in [-0.3, -0.25) is 0 Å². The van der Waals surface area contributed by atoms with Gasteiger partial charge in [-0.2, -0.15) is 0 Å². The highest BCUT2D eigenvalue weighted by Crippen LogP contribution is 2.36. The summed E-state index contributed by atoms with van der Waals surface area (Å²) >= 11 is 0. The average Bonchev–Trinajstić information content (AvgIpc) is 2.41. The Morgan fingerprint density at radius 1 is 1.06 bits per heavy atom. The van der Waals surface area contributed by atoms with E-state index >= 15 is 0 Å². The normalized spacial score (nSPS) is 10.3. The second kappa shape index (κ2) is 5.58. The molecule has 2 nitrogen and oxygen atoms in total. The van der Waals surface area contributed by atoms with Gasteiger partial charge in [0.1, 0.15) is 0 Å². The van der Waals surface area contributed by atoms with Crippen molar-refractivity contribution >= 4 is 0 Å². The summed E-state index contributed by atoms with van der Waals surface area (Å²) in [6.07, 6.45) is 2.23. The predicted molar refractivity (Wildman–Crippen MR) is 74.1 cm³/mol. The molecular formula is C16H18O2. The second-order valence-electron chi connectivity index (χ2n) is 4.30. The van der Waals surface area contributed by atoms with Gasteiger partial charge in [-0.05, 0) is 23.6 Å². The van der Waals surface area contributed by atoms with E-state index in [0.29, 0.717) is 5.75 Å². The molecule has 0 heterocycles. The first-order valence-corrected chi connectivity index (χ1v) is 6.21. The number of aryl methyl sites for hydroxylation is 1. The van der Waals surface area contributed by atoms with Crippen LogP contribution in [0.3, 0.4) is 0 Å². The molecule has 0 atom stereocenters. The van der Waals surface area contributed by atoms with Crippen LogP contribution in [0.15, 0.2) is 42.5 Å². The lowest BCUT2D eigenvalue weighted by molar-refractivity contribution is 0.374. The molecule has 0 radical (unpaired) electrons. The third-order valence-electron chi connectivity index (χ3n) is 3.02. The molecule has 2 heteroatoms. The molecule has 0 saturated carbocycles. The van der Waals surface area contributed by atoms with Gasteiger partial charge in [0, 0.05) is 5.56 Å². The molecule has 0 spiro atoms. The van der Waals surface area contributed by atoms with E-state index < -0.39 is 0 Å². The maximum absolute atomic E-state index is 10.1. The lowest BCUT2D eigenvalue weighted by Gasteiger charge is -2.09. The highest BCUT2D eigenvalue weighted by Gasteiger charge is 2.08. The molecule has 2 aromatic rings. The zero-order chi connectivity index (χ0) is 13.0. The van der Waals surface area contributed by atoms with E-state index in [0.717, 1.165) is 24.0 Å². The van der Waals surface area contributed by atoms with E-state index in [-0.39, 0.29) is 5.75 Å². The van der Waals surface area contributed by atoms with Crippen molar-refractivity contribution in [3.8, 4) is 22.6 Å². The number of hydrogen-bond donors (Lipinski definition) is 1. The minimum absolute atomic E-state index is 0.197. The number of aromatic hydroxyl groups is 1. The van der Waals surface area contributed by atoms with Crippen LogP contribution in [0, 0.1) is 0 Å². The van der Waals surface area contributed by atoms with Gasteiger partial charge < -0.3 is 9.84 Å². The van der Waals surface area contributed by atoms with Crippen LogP contribution in [-0.4, -0.2) is 12.2 Å². The largest absolute Gasteiger partial charge is 0.504 e. The van der Waals surface area contributed by atoms with Crippen LogP contribution in [0.4, 0.5) is 0 Å². The molecule has 0 fully saturated rings. The van der Waals surface area contributed by atoms with Crippen LogP contribution >= 0.6 is 0 Å². The number of phenolic OH excluding ortho intramolecular Hbond substituents is 1. The summed E-state index contributed by atoms with van der Waals surface area (Å²) < 4.78 is 5.12. The van der Waals surface area contributed by atoms with Crippen LogP contribution in [0.5, 0.6) is 11.5 Å². The van der Waals surface area contributed by atoms with Gasteiger partial charge in [0.25, 0.3) is 0 Å². The van der Waals surface area contributed by atoms with Crippen molar-refractivity contribution in [3.63, 3.8) is 0 Å². The van der Waals surface area contributed by atoms with Crippen LogP contribution in [0.25, 0.3) is 11.1 Å². The molecule has 0 aromatic heterocycles. The summed E-state index contributed by atoms with van der Waals surface area (Å²) in [5.74, 6) is 0.702. The number of rotatable bonds is 4. The van der Waals surface area contributed by atoms with Crippen LogP contribution < -0.4 is 4.74 Å². The van der Waals surface area contributed by atoms with E-state index in [9.17, 15) is 5.11 Å². The Morgan fingerprint density at radius 3 is 2.39 bits per heavy atom. The lowest BCUT2D eigenvalue weighted by Crippen LogP contribution is -1.87. The Labute approximate surface area is 108 Å². The second-order valence-corrected chi connectivity index (χ2v) is 4.30. The summed E-state index contributed by atoms with van der Waals surface area (Å²) in [5.41, 5.74) is 3.13. The van der Waals surface area contributed by atoms with E-state index in [1.54, 1.807) is 13.2 Å². The Bertz CT molecular complexity index is 515. The van der Waals surface area contributed by atoms with Crippen molar-refractivity contribution in [1.29, 1.82) is 0 Å². The van der Waals surface area contributed by atoms with Gasteiger partial charge in [0.05, 0.1) is 7.11 Å². The van der Waals surface area contributed by atoms with Gasteiger partial charge in [-0.15, -0.1) is 0 Å². The summed E-state index contributed by atoms with van der Waals surface area (Å²) in [5, 5.41) is 10.1. The minimum atomic E-state index is 0.197. The summed E-state index contributed by atoms with van der Waals surface area (Å²) in [6, 6.07) is 13.8. The number of para-hydroxylation sites is 1. The van der Waals surface area contributed by atoms with Crippen molar-refractivity contribution in [1.82, 2.24) is 0 Å². The van der Waals surface area contributed by atoms with Crippen LogP contribution in [-0.2, 0) is 6.42 Å². The fraction of sp³-hybridized carbons (Fsp3) is 0.250. The molecule has 0 aliphatic heterocycles. The van der Waals surface area contributed by atoms with Crippen LogP contribution in [0.2, 0.25) is 0 Å². The summed E-state index contributed by atoms with van der Waals surface area (Å²) in [6.45, 7) is 2.17. The van der Waals surface area contributed by atoms with Crippen molar-refractivity contribution in [2.45, 2.75) is 19.8 Å². The minimum Gasteiger partial charge on any atom is -0.504 e. The summed E-state index contributed by atoms with van der Waals surface area (Å²) in [7, 11) is 1.56.